The van der Waals surface area contributed by atoms with Crippen LogP contribution in [-0.4, -0.2) is 43.3 Å². The number of thiophene rings is 1. The number of alkyl halides is 6. The molecule has 0 atom stereocenters. The zero-order chi connectivity index (χ0) is 27.2. The fourth-order valence-electron chi connectivity index (χ4n) is 3.66. The van der Waals surface area contributed by atoms with Crippen LogP contribution in [0.25, 0.3) is 0 Å². The monoisotopic (exact) mass is 570 g/mol. The highest BCUT2D eigenvalue weighted by Crippen LogP contribution is 2.38. The van der Waals surface area contributed by atoms with E-state index in [-0.39, 0.29) is 28.9 Å². The highest BCUT2D eigenvalue weighted by molar-refractivity contribution is 7.80. The lowest BCUT2D eigenvalue weighted by Gasteiger charge is -2.16. The van der Waals surface area contributed by atoms with Crippen LogP contribution in [0, 0.1) is 0 Å². The molecular formula is C23H24F6N2O4S2. The number of nitrogens with one attached hydrogen (secondary N) is 2. The van der Waals surface area contributed by atoms with Gasteiger partial charge in [-0.15, -0.1) is 11.3 Å². The fourth-order valence-corrected chi connectivity index (χ4v) is 5.22. The summed E-state index contributed by atoms with van der Waals surface area (Å²) in [6, 6.07) is 3.18. The molecule has 204 valence electrons. The predicted molar refractivity (Wildman–Crippen MR) is 131 cm³/mol. The number of carbonyl (C=O) groups excluding carboxylic acids is 1. The van der Waals surface area contributed by atoms with E-state index in [1.165, 1.54) is 11.3 Å². The Morgan fingerprint density at radius 1 is 0.946 bits per heavy atom. The van der Waals surface area contributed by atoms with Crippen LogP contribution in [0.4, 0.5) is 37.0 Å². The summed E-state index contributed by atoms with van der Waals surface area (Å²) in [7, 11) is 0. The molecule has 1 aromatic heterocycles. The van der Waals surface area contributed by atoms with Crippen molar-refractivity contribution < 1.29 is 45.3 Å². The molecule has 1 aliphatic rings. The molecular weight excluding hydrogens is 546 g/mol. The summed E-state index contributed by atoms with van der Waals surface area (Å²) in [6.45, 7) is -1.44. The third-order valence-corrected chi connectivity index (χ3v) is 6.48. The number of thiocarbonyl (C=S) groups is 1. The minimum atomic E-state index is -4.66. The standard InChI is InChI=1S/C23H24F6N2O4S2/c1-2-33-20(32)18-16-6-4-3-5-7-17(16)37-19(18)31-21(36)30-13-8-14(34-11-22(24,25)26)10-15(9-13)35-12-23(27,28)29/h8-10H,2-7,11-12H2,1H3,(H2,30,31,36). The topological polar surface area (TPSA) is 68.8 Å². The molecule has 0 unspecified atom stereocenters. The Hall–Kier alpha value is -2.74. The van der Waals surface area contributed by atoms with E-state index < -0.39 is 31.5 Å². The number of hydrogen-bond acceptors (Lipinski definition) is 6. The van der Waals surface area contributed by atoms with E-state index in [9.17, 15) is 31.1 Å². The number of fused-ring (bicyclic) bond motifs is 1. The smallest absolute Gasteiger partial charge is 0.422 e. The average molecular weight is 571 g/mol. The highest BCUT2D eigenvalue weighted by atomic mass is 32.1. The van der Waals surface area contributed by atoms with E-state index >= 15 is 0 Å². The first-order chi connectivity index (χ1) is 17.3. The summed E-state index contributed by atoms with van der Waals surface area (Å²) in [6.07, 6.45) is -4.88. The van der Waals surface area contributed by atoms with Crippen molar-refractivity contribution in [2.24, 2.45) is 0 Å². The maximum Gasteiger partial charge on any atom is 0.422 e. The molecule has 0 saturated carbocycles. The second-order valence-electron chi connectivity index (χ2n) is 8.07. The predicted octanol–water partition coefficient (Wildman–Crippen LogP) is 6.88. The summed E-state index contributed by atoms with van der Waals surface area (Å²) in [4.78, 5) is 13.7. The Kier molecular flexibility index (Phi) is 9.51. The lowest BCUT2D eigenvalue weighted by Crippen LogP contribution is -2.22. The molecule has 0 aliphatic heterocycles. The van der Waals surface area contributed by atoms with Gasteiger partial charge in [0.25, 0.3) is 0 Å². The number of halogens is 6. The molecule has 3 rings (SSSR count). The van der Waals surface area contributed by atoms with Crippen LogP contribution in [0.3, 0.4) is 0 Å². The Morgan fingerprint density at radius 3 is 2.11 bits per heavy atom. The summed E-state index contributed by atoms with van der Waals surface area (Å²) >= 11 is 6.68. The van der Waals surface area contributed by atoms with E-state index in [0.29, 0.717) is 17.0 Å². The minimum absolute atomic E-state index is 0.0187. The third kappa shape index (κ3) is 8.95. The Morgan fingerprint density at radius 2 is 1.54 bits per heavy atom. The lowest BCUT2D eigenvalue weighted by atomic mass is 10.1. The van der Waals surface area contributed by atoms with Gasteiger partial charge in [-0.3, -0.25) is 0 Å². The molecule has 0 amide bonds. The fraction of sp³-hybridized carbons (Fsp3) is 0.478. The van der Waals surface area contributed by atoms with E-state index in [1.807, 2.05) is 0 Å². The molecule has 0 bridgehead atoms. The van der Waals surface area contributed by atoms with Crippen LogP contribution in [0.2, 0.25) is 0 Å². The average Bonchev–Trinajstić information content (AvgIpc) is 2.95. The maximum absolute atomic E-state index is 12.7. The van der Waals surface area contributed by atoms with Gasteiger partial charge in [-0.05, 0) is 50.4 Å². The Bertz CT molecular complexity index is 1080. The van der Waals surface area contributed by atoms with Gasteiger partial charge in [0.1, 0.15) is 16.5 Å². The second kappa shape index (κ2) is 12.2. The van der Waals surface area contributed by atoms with Crippen LogP contribution in [0.1, 0.15) is 47.0 Å². The quantitative estimate of drug-likeness (QED) is 0.155. The number of ether oxygens (including phenoxy) is 3. The zero-order valence-corrected chi connectivity index (χ0v) is 21.2. The number of anilines is 2. The van der Waals surface area contributed by atoms with Crippen molar-refractivity contribution in [1.29, 1.82) is 0 Å². The van der Waals surface area contributed by atoms with Crippen LogP contribution in [-0.2, 0) is 17.6 Å². The molecule has 1 aromatic carbocycles. The van der Waals surface area contributed by atoms with Gasteiger partial charge in [0.2, 0.25) is 0 Å². The van der Waals surface area contributed by atoms with Crippen LogP contribution >= 0.6 is 23.6 Å². The van der Waals surface area contributed by atoms with Crippen molar-refractivity contribution in [2.75, 3.05) is 30.5 Å². The molecule has 6 nitrogen and oxygen atoms in total. The first-order valence-corrected chi connectivity index (χ1v) is 12.5. The van der Waals surface area contributed by atoms with Crippen LogP contribution in [0.5, 0.6) is 11.5 Å². The summed E-state index contributed by atoms with van der Waals surface area (Å²) < 4.78 is 90.1. The Balaban J connectivity index is 1.83. The van der Waals surface area contributed by atoms with Gasteiger partial charge in [-0.25, -0.2) is 4.79 Å². The number of hydrogen-bond donors (Lipinski definition) is 2. The maximum atomic E-state index is 12.7. The number of carbonyl (C=O) groups is 1. The molecule has 0 saturated heterocycles. The van der Waals surface area contributed by atoms with Crippen molar-refractivity contribution in [3.8, 4) is 11.5 Å². The first-order valence-electron chi connectivity index (χ1n) is 11.3. The molecule has 1 heterocycles. The van der Waals surface area contributed by atoms with Crippen molar-refractivity contribution in [2.45, 2.75) is 51.4 Å². The van der Waals surface area contributed by atoms with Gasteiger partial charge in [-0.1, -0.05) is 6.42 Å². The molecule has 0 radical (unpaired) electrons. The van der Waals surface area contributed by atoms with Gasteiger partial charge < -0.3 is 24.8 Å². The van der Waals surface area contributed by atoms with Crippen molar-refractivity contribution >= 4 is 45.3 Å². The number of aryl methyl sites for hydroxylation is 1. The van der Waals surface area contributed by atoms with Crippen molar-refractivity contribution in [3.05, 3.63) is 34.2 Å². The number of esters is 1. The van der Waals surface area contributed by atoms with Crippen LogP contribution in [0.15, 0.2) is 18.2 Å². The first kappa shape index (κ1) is 28.8. The summed E-state index contributed by atoms with van der Waals surface area (Å²) in [5.74, 6) is -1.26. The summed E-state index contributed by atoms with van der Waals surface area (Å²) in [5, 5.41) is 6.03. The zero-order valence-electron chi connectivity index (χ0n) is 19.6. The largest absolute Gasteiger partial charge is 0.484 e. The van der Waals surface area contributed by atoms with Gasteiger partial charge in [0.05, 0.1) is 12.2 Å². The van der Waals surface area contributed by atoms with E-state index in [2.05, 4.69) is 20.1 Å². The minimum Gasteiger partial charge on any atom is -0.484 e. The molecule has 2 aromatic rings. The van der Waals surface area contributed by atoms with E-state index in [4.69, 9.17) is 17.0 Å². The number of rotatable bonds is 8. The van der Waals surface area contributed by atoms with E-state index in [1.54, 1.807) is 6.92 Å². The normalized spacial score (nSPS) is 13.8. The highest BCUT2D eigenvalue weighted by Gasteiger charge is 2.30. The van der Waals surface area contributed by atoms with Crippen molar-refractivity contribution in [1.82, 2.24) is 0 Å². The SMILES string of the molecule is CCOC(=O)c1c(NC(=S)Nc2cc(OCC(F)(F)F)cc(OCC(F)(F)F)c2)sc2c1CCCCC2. The number of benzene rings is 1. The second-order valence-corrected chi connectivity index (χ2v) is 9.58. The van der Waals surface area contributed by atoms with Crippen molar-refractivity contribution in [3.63, 3.8) is 0 Å². The van der Waals surface area contributed by atoms with Gasteiger partial charge >= 0.3 is 18.3 Å². The van der Waals surface area contributed by atoms with E-state index in [0.717, 1.165) is 54.3 Å². The van der Waals surface area contributed by atoms with Gasteiger partial charge in [-0.2, -0.15) is 26.3 Å². The molecule has 0 fully saturated rings. The molecule has 0 spiro atoms. The lowest BCUT2D eigenvalue weighted by molar-refractivity contribution is -0.153. The summed E-state index contributed by atoms with van der Waals surface area (Å²) in [5.41, 5.74) is 1.30. The molecule has 2 N–H and O–H groups in total. The molecule has 1 aliphatic carbocycles. The van der Waals surface area contributed by atoms with Gasteiger partial charge in [0.15, 0.2) is 18.3 Å². The van der Waals surface area contributed by atoms with Gasteiger partial charge in [0, 0.05) is 28.8 Å². The Labute approximate surface area is 218 Å². The molecule has 37 heavy (non-hydrogen) atoms. The third-order valence-electron chi connectivity index (χ3n) is 5.07. The molecule has 14 heteroatoms. The van der Waals surface area contributed by atoms with Crippen LogP contribution < -0.4 is 20.1 Å².